The molecule has 2 rings (SSSR count). The van der Waals surface area contributed by atoms with E-state index in [1.165, 1.54) is 45.6 Å². The first kappa shape index (κ1) is 23.5. The van der Waals surface area contributed by atoms with Crippen molar-refractivity contribution in [2.45, 2.75) is 12.3 Å². The van der Waals surface area contributed by atoms with Crippen LogP contribution in [0.15, 0.2) is 36.4 Å². The van der Waals surface area contributed by atoms with E-state index in [1.54, 1.807) is 12.1 Å². The largest absolute Gasteiger partial charge is 0.493 e. The zero-order valence-corrected chi connectivity index (χ0v) is 18.2. The second-order valence-corrected chi connectivity index (χ2v) is 9.05. The number of carbonyl (C=O) groups is 1. The maximum absolute atomic E-state index is 13.3. The van der Waals surface area contributed by atoms with E-state index in [2.05, 4.69) is 5.32 Å². The fraction of sp³-hybridized carbons (Fsp3) is 0.381. The lowest BCUT2D eigenvalue weighted by Crippen LogP contribution is -2.29. The number of carbonyl (C=O) groups excluding carboxylic acids is 1. The molecule has 0 fully saturated rings. The number of amides is 1. The van der Waals surface area contributed by atoms with Crippen molar-refractivity contribution in [2.24, 2.45) is 0 Å². The van der Waals surface area contributed by atoms with E-state index in [-0.39, 0.29) is 29.9 Å². The molecule has 0 bridgehead atoms. The lowest BCUT2D eigenvalue weighted by atomic mass is 9.96. The van der Waals surface area contributed by atoms with Gasteiger partial charge in [0.1, 0.15) is 15.7 Å². The van der Waals surface area contributed by atoms with Crippen LogP contribution in [-0.4, -0.2) is 54.2 Å². The highest BCUT2D eigenvalue weighted by molar-refractivity contribution is 7.90. The molecular formula is C21H26FNO6S. The van der Waals surface area contributed by atoms with Crippen molar-refractivity contribution in [1.82, 2.24) is 5.32 Å². The van der Waals surface area contributed by atoms with E-state index >= 15 is 0 Å². The van der Waals surface area contributed by atoms with E-state index in [1.807, 2.05) is 0 Å². The molecular weight excluding hydrogens is 413 g/mol. The third-order valence-electron chi connectivity index (χ3n) is 4.61. The Labute approximate surface area is 176 Å². The number of benzene rings is 2. The van der Waals surface area contributed by atoms with Gasteiger partial charge in [-0.15, -0.1) is 0 Å². The molecule has 30 heavy (non-hydrogen) atoms. The molecule has 1 atom stereocenters. The summed E-state index contributed by atoms with van der Waals surface area (Å²) in [6, 6.07) is 8.86. The molecule has 1 N–H and O–H groups in total. The van der Waals surface area contributed by atoms with Gasteiger partial charge < -0.3 is 19.5 Å². The summed E-state index contributed by atoms with van der Waals surface area (Å²) in [5, 5.41) is 2.81. The fourth-order valence-corrected chi connectivity index (χ4v) is 3.72. The summed E-state index contributed by atoms with van der Waals surface area (Å²) >= 11 is 0. The monoisotopic (exact) mass is 439 g/mol. The molecule has 0 aliphatic rings. The summed E-state index contributed by atoms with van der Waals surface area (Å²) in [4.78, 5) is 12.7. The Bertz CT molecular complexity index is 950. The van der Waals surface area contributed by atoms with Gasteiger partial charge in [0.05, 0.1) is 27.1 Å². The average molecular weight is 440 g/mol. The van der Waals surface area contributed by atoms with Gasteiger partial charge in [-0.2, -0.15) is 0 Å². The second kappa shape index (κ2) is 10.3. The first-order valence-electron chi connectivity index (χ1n) is 9.20. The van der Waals surface area contributed by atoms with Crippen LogP contribution < -0.4 is 19.5 Å². The number of sulfone groups is 1. The summed E-state index contributed by atoms with van der Waals surface area (Å²) in [6.07, 6.45) is 1.45. The molecule has 0 saturated carbocycles. The molecule has 0 heterocycles. The Morgan fingerprint density at radius 1 is 1.03 bits per heavy atom. The molecule has 0 radical (unpaired) electrons. The summed E-state index contributed by atoms with van der Waals surface area (Å²) in [6.45, 7) is 0.177. The highest BCUT2D eigenvalue weighted by Gasteiger charge is 2.19. The normalized spacial score (nSPS) is 12.2. The van der Waals surface area contributed by atoms with Crippen LogP contribution in [0, 0.1) is 5.82 Å². The van der Waals surface area contributed by atoms with Crippen molar-refractivity contribution in [1.29, 1.82) is 0 Å². The number of ether oxygens (including phenoxy) is 3. The second-order valence-electron chi connectivity index (χ2n) is 6.79. The molecule has 0 aliphatic heterocycles. The minimum Gasteiger partial charge on any atom is -0.493 e. The van der Waals surface area contributed by atoms with Gasteiger partial charge in [0, 0.05) is 24.3 Å². The van der Waals surface area contributed by atoms with Crippen LogP contribution in [0.25, 0.3) is 0 Å². The predicted molar refractivity (Wildman–Crippen MR) is 112 cm³/mol. The van der Waals surface area contributed by atoms with Crippen LogP contribution >= 0.6 is 0 Å². The summed E-state index contributed by atoms with van der Waals surface area (Å²) in [7, 11) is 1.19. The van der Waals surface area contributed by atoms with E-state index in [9.17, 15) is 17.6 Å². The van der Waals surface area contributed by atoms with Crippen LogP contribution in [0.1, 0.15) is 28.3 Å². The number of rotatable bonds is 10. The van der Waals surface area contributed by atoms with E-state index < -0.39 is 9.84 Å². The standard InChI is InChI=1S/C21H26FNO6S/c1-27-18-11-16(12-19(28-2)20(18)29-3)21(24)23-13-15(9-10-30(4,25)26)14-5-7-17(22)8-6-14/h5-8,11-12,15H,9-10,13H2,1-4H3,(H,23,24). The predicted octanol–water partition coefficient (Wildman–Crippen LogP) is 2.80. The Balaban J connectivity index is 2.21. The molecule has 0 saturated heterocycles. The third kappa shape index (κ3) is 6.35. The minimum atomic E-state index is -3.19. The quantitative estimate of drug-likeness (QED) is 0.612. The molecule has 7 nitrogen and oxygen atoms in total. The molecule has 164 valence electrons. The molecule has 0 aliphatic carbocycles. The molecule has 2 aromatic carbocycles. The minimum absolute atomic E-state index is 0.0465. The molecule has 2 aromatic rings. The number of hydrogen-bond donors (Lipinski definition) is 1. The third-order valence-corrected chi connectivity index (χ3v) is 5.59. The molecule has 0 aromatic heterocycles. The summed E-state index contributed by atoms with van der Waals surface area (Å²) in [5.41, 5.74) is 1.04. The highest BCUT2D eigenvalue weighted by atomic mass is 32.2. The maximum Gasteiger partial charge on any atom is 0.251 e. The van der Waals surface area contributed by atoms with Gasteiger partial charge >= 0.3 is 0 Å². The lowest BCUT2D eigenvalue weighted by Gasteiger charge is -2.19. The summed E-state index contributed by atoms with van der Waals surface area (Å²) in [5.74, 6) is -0.0685. The fourth-order valence-electron chi connectivity index (χ4n) is 3.01. The highest BCUT2D eigenvalue weighted by Crippen LogP contribution is 2.38. The van der Waals surface area contributed by atoms with Crippen molar-refractivity contribution >= 4 is 15.7 Å². The Hall–Kier alpha value is -2.81. The lowest BCUT2D eigenvalue weighted by molar-refractivity contribution is 0.0950. The molecule has 0 spiro atoms. The van der Waals surface area contributed by atoms with E-state index in [0.717, 1.165) is 11.8 Å². The Morgan fingerprint density at radius 3 is 2.07 bits per heavy atom. The van der Waals surface area contributed by atoms with Crippen LogP contribution in [0.4, 0.5) is 4.39 Å². The van der Waals surface area contributed by atoms with Crippen molar-refractivity contribution in [3.05, 3.63) is 53.3 Å². The van der Waals surface area contributed by atoms with Gasteiger partial charge in [0.15, 0.2) is 11.5 Å². The topological polar surface area (TPSA) is 90.9 Å². The number of methoxy groups -OCH3 is 3. The Kier molecular flexibility index (Phi) is 8.05. The van der Waals surface area contributed by atoms with Gasteiger partial charge in [-0.25, -0.2) is 12.8 Å². The average Bonchev–Trinajstić information content (AvgIpc) is 2.72. The van der Waals surface area contributed by atoms with Crippen molar-refractivity contribution in [2.75, 3.05) is 39.9 Å². The number of hydrogen-bond acceptors (Lipinski definition) is 6. The van der Waals surface area contributed by atoms with Crippen LogP contribution in [0.3, 0.4) is 0 Å². The maximum atomic E-state index is 13.3. The Morgan fingerprint density at radius 2 is 1.60 bits per heavy atom. The molecule has 9 heteroatoms. The van der Waals surface area contributed by atoms with Gasteiger partial charge in [0.2, 0.25) is 5.75 Å². The van der Waals surface area contributed by atoms with Crippen LogP contribution in [0.5, 0.6) is 17.2 Å². The van der Waals surface area contributed by atoms with Gasteiger partial charge in [-0.3, -0.25) is 4.79 Å². The first-order chi connectivity index (χ1) is 14.2. The number of halogens is 1. The van der Waals surface area contributed by atoms with Crippen LogP contribution in [-0.2, 0) is 9.84 Å². The van der Waals surface area contributed by atoms with Gasteiger partial charge in [-0.1, -0.05) is 12.1 Å². The van der Waals surface area contributed by atoms with Gasteiger partial charge in [-0.05, 0) is 36.2 Å². The zero-order chi connectivity index (χ0) is 22.3. The van der Waals surface area contributed by atoms with Crippen molar-refractivity contribution in [3.63, 3.8) is 0 Å². The van der Waals surface area contributed by atoms with Crippen molar-refractivity contribution in [3.8, 4) is 17.2 Å². The van der Waals surface area contributed by atoms with Crippen LogP contribution in [0.2, 0.25) is 0 Å². The zero-order valence-electron chi connectivity index (χ0n) is 17.4. The van der Waals surface area contributed by atoms with E-state index in [4.69, 9.17) is 14.2 Å². The van der Waals surface area contributed by atoms with E-state index in [0.29, 0.717) is 29.2 Å². The smallest absolute Gasteiger partial charge is 0.251 e. The first-order valence-corrected chi connectivity index (χ1v) is 11.3. The van der Waals surface area contributed by atoms with Gasteiger partial charge in [0.25, 0.3) is 5.91 Å². The SMILES string of the molecule is COc1cc(C(=O)NCC(CCS(C)(=O)=O)c2ccc(F)cc2)cc(OC)c1OC. The molecule has 1 amide bonds. The molecule has 1 unspecified atom stereocenters. The summed E-state index contributed by atoms with van der Waals surface area (Å²) < 4.78 is 52.2. The van der Waals surface area contributed by atoms with Crippen molar-refractivity contribution < 1.29 is 31.8 Å². The number of nitrogens with one attached hydrogen (secondary N) is 1.